The third kappa shape index (κ3) is 4.04. The highest BCUT2D eigenvalue weighted by Gasteiger charge is 2.27. The van der Waals surface area contributed by atoms with Gasteiger partial charge in [-0.05, 0) is 49.3 Å². The van der Waals surface area contributed by atoms with Gasteiger partial charge in [0.15, 0.2) is 5.82 Å². The van der Waals surface area contributed by atoms with Crippen molar-refractivity contribution < 1.29 is 9.53 Å². The number of rotatable bonds is 6. The van der Waals surface area contributed by atoms with Crippen LogP contribution in [0.5, 0.6) is 0 Å². The number of nitrogens with zero attached hydrogens (tertiary/aromatic N) is 4. The minimum absolute atomic E-state index is 0.134. The second-order valence-corrected chi connectivity index (χ2v) is 8.78. The Morgan fingerprint density at radius 2 is 2.03 bits per heavy atom. The van der Waals surface area contributed by atoms with Gasteiger partial charge in [0.2, 0.25) is 5.91 Å². The molecule has 1 unspecified atom stereocenters. The van der Waals surface area contributed by atoms with E-state index in [0.717, 1.165) is 67.7 Å². The Morgan fingerprint density at radius 3 is 2.80 bits per heavy atom. The van der Waals surface area contributed by atoms with Gasteiger partial charge in [0.25, 0.3) is 0 Å². The predicted octanol–water partition coefficient (Wildman–Crippen LogP) is 3.97. The maximum atomic E-state index is 13.1. The van der Waals surface area contributed by atoms with E-state index in [1.165, 1.54) is 0 Å². The van der Waals surface area contributed by atoms with Gasteiger partial charge in [0.05, 0.1) is 18.2 Å². The van der Waals surface area contributed by atoms with Gasteiger partial charge in [-0.2, -0.15) is 11.3 Å². The lowest BCUT2D eigenvalue weighted by Crippen LogP contribution is -2.42. The summed E-state index contributed by atoms with van der Waals surface area (Å²) >= 11 is 1.63. The first-order valence-electron chi connectivity index (χ1n) is 10.7. The van der Waals surface area contributed by atoms with Gasteiger partial charge >= 0.3 is 0 Å². The van der Waals surface area contributed by atoms with Crippen LogP contribution < -0.4 is 4.90 Å². The molecule has 0 radical (unpaired) electrons. The summed E-state index contributed by atoms with van der Waals surface area (Å²) in [6, 6.07) is 10.1. The Labute approximate surface area is 180 Å². The molecule has 0 N–H and O–H groups in total. The zero-order valence-electron chi connectivity index (χ0n) is 17.0. The molecule has 1 atom stereocenters. The lowest BCUT2D eigenvalue weighted by Gasteiger charge is -2.29. The molecule has 1 aromatic carbocycles. The topological polar surface area (TPSA) is 58.6 Å². The molecule has 2 aliphatic heterocycles. The molecule has 7 heteroatoms. The van der Waals surface area contributed by atoms with Crippen LogP contribution in [0.2, 0.25) is 0 Å². The molecule has 2 saturated heterocycles. The van der Waals surface area contributed by atoms with E-state index in [1.54, 1.807) is 11.3 Å². The van der Waals surface area contributed by atoms with Crippen LogP contribution in [0, 0.1) is 0 Å². The number of para-hydroxylation sites is 1. The Morgan fingerprint density at radius 1 is 1.17 bits per heavy atom. The Kier molecular flexibility index (Phi) is 5.64. The molecular formula is C23H26N4O2S. The first-order valence-corrected chi connectivity index (χ1v) is 11.7. The summed E-state index contributed by atoms with van der Waals surface area (Å²) in [5.74, 6) is 1.70. The molecule has 0 saturated carbocycles. The zero-order valence-corrected chi connectivity index (χ0v) is 17.8. The standard InChI is InChI=1S/C23H26N4O2S/c28-21(26-10-3-4-11-26)15-27(14-18-6-5-12-29-18)23-19-7-1-2-8-20(19)24-22(25-23)17-9-13-30-16-17/h1-2,7-9,13,16,18H,3-6,10-12,14-15H2. The van der Waals surface area contributed by atoms with E-state index < -0.39 is 0 Å². The molecule has 30 heavy (non-hydrogen) atoms. The van der Waals surface area contributed by atoms with Crippen LogP contribution in [0.1, 0.15) is 25.7 Å². The third-order valence-corrected chi connectivity index (χ3v) is 6.58. The predicted molar refractivity (Wildman–Crippen MR) is 120 cm³/mol. The molecule has 6 nitrogen and oxygen atoms in total. The number of thiophene rings is 1. The number of amides is 1. The summed E-state index contributed by atoms with van der Waals surface area (Å²) in [4.78, 5) is 26.9. The molecule has 4 heterocycles. The molecule has 0 spiro atoms. The average molecular weight is 423 g/mol. The molecule has 0 aliphatic carbocycles. The molecule has 0 bridgehead atoms. The third-order valence-electron chi connectivity index (χ3n) is 5.89. The fourth-order valence-electron chi connectivity index (χ4n) is 4.31. The molecule has 2 aromatic heterocycles. The Balaban J connectivity index is 1.55. The lowest BCUT2D eigenvalue weighted by atomic mass is 10.1. The molecule has 2 fully saturated rings. The number of hydrogen-bond donors (Lipinski definition) is 0. The van der Waals surface area contributed by atoms with Crippen molar-refractivity contribution in [3.05, 3.63) is 41.1 Å². The first kappa shape index (κ1) is 19.5. The quantitative estimate of drug-likeness (QED) is 0.602. The number of carbonyl (C=O) groups is 1. The van der Waals surface area contributed by atoms with Gasteiger partial charge < -0.3 is 14.5 Å². The van der Waals surface area contributed by atoms with Crippen molar-refractivity contribution in [3.63, 3.8) is 0 Å². The van der Waals surface area contributed by atoms with Crippen molar-refractivity contribution in [2.45, 2.75) is 31.8 Å². The molecule has 3 aromatic rings. The second-order valence-electron chi connectivity index (χ2n) is 8.00. The van der Waals surface area contributed by atoms with E-state index in [-0.39, 0.29) is 12.0 Å². The van der Waals surface area contributed by atoms with E-state index in [0.29, 0.717) is 18.9 Å². The SMILES string of the molecule is O=C(CN(CC1CCCO1)c1nc(-c2ccsc2)nc2ccccc12)N1CCCC1. The maximum absolute atomic E-state index is 13.1. The highest BCUT2D eigenvalue weighted by Crippen LogP contribution is 2.29. The minimum atomic E-state index is 0.134. The lowest BCUT2D eigenvalue weighted by molar-refractivity contribution is -0.128. The summed E-state index contributed by atoms with van der Waals surface area (Å²) in [5.41, 5.74) is 1.91. The smallest absolute Gasteiger partial charge is 0.242 e. The molecule has 1 amide bonds. The van der Waals surface area contributed by atoms with Gasteiger partial charge in [0.1, 0.15) is 5.82 Å². The van der Waals surface area contributed by atoms with Crippen LogP contribution in [-0.4, -0.2) is 59.7 Å². The van der Waals surface area contributed by atoms with Gasteiger partial charge in [-0.15, -0.1) is 0 Å². The van der Waals surface area contributed by atoms with Crippen molar-refractivity contribution in [1.29, 1.82) is 0 Å². The zero-order chi connectivity index (χ0) is 20.3. The number of fused-ring (bicyclic) bond motifs is 1. The number of benzene rings is 1. The van der Waals surface area contributed by atoms with Crippen LogP contribution in [0.3, 0.4) is 0 Å². The molecule has 5 rings (SSSR count). The van der Waals surface area contributed by atoms with Crippen molar-refractivity contribution in [3.8, 4) is 11.4 Å². The van der Waals surface area contributed by atoms with E-state index in [1.807, 2.05) is 40.6 Å². The summed E-state index contributed by atoms with van der Waals surface area (Å²) in [5, 5.41) is 5.08. The highest BCUT2D eigenvalue weighted by atomic mass is 32.1. The van der Waals surface area contributed by atoms with Gasteiger partial charge in [0, 0.05) is 42.6 Å². The van der Waals surface area contributed by atoms with E-state index in [4.69, 9.17) is 14.7 Å². The molecular weight excluding hydrogens is 396 g/mol. The normalized spacial score (nSPS) is 18.9. The number of hydrogen-bond acceptors (Lipinski definition) is 6. The van der Waals surface area contributed by atoms with Crippen LogP contribution >= 0.6 is 11.3 Å². The Hall–Kier alpha value is -2.51. The average Bonchev–Trinajstić information content (AvgIpc) is 3.56. The fourth-order valence-corrected chi connectivity index (χ4v) is 4.95. The maximum Gasteiger partial charge on any atom is 0.242 e. The van der Waals surface area contributed by atoms with Gasteiger partial charge in [-0.3, -0.25) is 4.79 Å². The van der Waals surface area contributed by atoms with Crippen molar-refractivity contribution in [2.24, 2.45) is 0 Å². The summed E-state index contributed by atoms with van der Waals surface area (Å²) in [7, 11) is 0. The Bertz CT molecular complexity index is 1010. The molecule has 2 aliphatic rings. The number of likely N-dealkylation sites (tertiary alicyclic amines) is 1. The van der Waals surface area contributed by atoms with Crippen LogP contribution in [0.15, 0.2) is 41.1 Å². The number of carbonyl (C=O) groups excluding carboxylic acids is 1. The summed E-state index contributed by atoms with van der Waals surface area (Å²) in [6.07, 6.45) is 4.42. The van der Waals surface area contributed by atoms with Gasteiger partial charge in [-0.1, -0.05) is 12.1 Å². The van der Waals surface area contributed by atoms with Crippen molar-refractivity contribution >= 4 is 34.0 Å². The minimum Gasteiger partial charge on any atom is -0.376 e. The summed E-state index contributed by atoms with van der Waals surface area (Å²) in [6.45, 7) is 3.51. The van der Waals surface area contributed by atoms with Gasteiger partial charge in [-0.25, -0.2) is 9.97 Å². The van der Waals surface area contributed by atoms with Crippen molar-refractivity contribution in [2.75, 3.05) is 37.7 Å². The van der Waals surface area contributed by atoms with Crippen LogP contribution in [-0.2, 0) is 9.53 Å². The highest BCUT2D eigenvalue weighted by molar-refractivity contribution is 7.08. The van der Waals surface area contributed by atoms with Crippen LogP contribution in [0.4, 0.5) is 5.82 Å². The fraction of sp³-hybridized carbons (Fsp3) is 0.435. The first-order chi connectivity index (χ1) is 14.8. The van der Waals surface area contributed by atoms with E-state index in [2.05, 4.69) is 10.3 Å². The van der Waals surface area contributed by atoms with E-state index in [9.17, 15) is 4.79 Å². The second kappa shape index (κ2) is 8.70. The van der Waals surface area contributed by atoms with Crippen LogP contribution in [0.25, 0.3) is 22.3 Å². The van der Waals surface area contributed by atoms with Crippen molar-refractivity contribution in [1.82, 2.24) is 14.9 Å². The molecule has 156 valence electrons. The number of aromatic nitrogens is 2. The van der Waals surface area contributed by atoms with E-state index >= 15 is 0 Å². The monoisotopic (exact) mass is 422 g/mol. The largest absolute Gasteiger partial charge is 0.376 e. The number of ether oxygens (including phenoxy) is 1. The number of anilines is 1. The summed E-state index contributed by atoms with van der Waals surface area (Å²) < 4.78 is 5.92.